The molecule has 0 bridgehead atoms. The molecular weight excluding hydrogens is 490 g/mol. The molecule has 0 amide bonds. The monoisotopic (exact) mass is 510 g/mol. The molecule has 4 heterocycles. The van der Waals surface area contributed by atoms with E-state index in [2.05, 4.69) is 20.2 Å². The zero-order chi connectivity index (χ0) is 26.5. The molecule has 6 aromatic rings. The highest BCUT2D eigenvalue weighted by Crippen LogP contribution is 2.18. The maximum absolute atomic E-state index is 13.2. The van der Waals surface area contributed by atoms with Crippen LogP contribution in [0.3, 0.4) is 0 Å². The molecule has 0 aliphatic heterocycles. The normalized spacial score (nSPS) is 10.6. The number of rotatable bonds is 4. The summed E-state index contributed by atoms with van der Waals surface area (Å²) in [5.41, 5.74) is 1.86. The molecule has 2 N–H and O–H groups in total. The van der Waals surface area contributed by atoms with E-state index in [0.717, 1.165) is 0 Å². The third kappa shape index (κ3) is 5.39. The molecule has 8 nitrogen and oxygen atoms in total. The first-order chi connectivity index (χ1) is 18.5. The molecule has 0 spiro atoms. The predicted molar refractivity (Wildman–Crippen MR) is 139 cm³/mol. The van der Waals surface area contributed by atoms with Crippen LogP contribution in [0, 0.1) is 11.6 Å². The Morgan fingerprint density at radius 2 is 1.00 bits per heavy atom. The predicted octanol–water partition coefficient (Wildman–Crippen LogP) is 4.73. The lowest BCUT2D eigenvalue weighted by atomic mass is 10.1. The van der Waals surface area contributed by atoms with Crippen LogP contribution in [0.15, 0.2) is 119 Å². The Balaban J connectivity index is 0.000000155. The molecule has 0 aliphatic rings. The van der Waals surface area contributed by atoms with Crippen LogP contribution in [0.2, 0.25) is 0 Å². The number of benzene rings is 2. The van der Waals surface area contributed by atoms with Crippen molar-refractivity contribution in [2.24, 2.45) is 0 Å². The van der Waals surface area contributed by atoms with Gasteiger partial charge in [0.05, 0.1) is 11.4 Å². The molecule has 2 aromatic carbocycles. The third-order valence-corrected chi connectivity index (χ3v) is 5.47. The number of nitrogens with one attached hydrogen (secondary N) is 2. The minimum atomic E-state index is -0.344. The van der Waals surface area contributed by atoms with Gasteiger partial charge in [-0.15, -0.1) is 0 Å². The first-order valence-corrected chi connectivity index (χ1v) is 11.5. The maximum atomic E-state index is 13.2. The third-order valence-electron chi connectivity index (χ3n) is 5.47. The van der Waals surface area contributed by atoms with Gasteiger partial charge in [0, 0.05) is 35.7 Å². The van der Waals surface area contributed by atoms with Crippen molar-refractivity contribution >= 4 is 0 Å². The lowest BCUT2D eigenvalue weighted by molar-refractivity contribution is 0.628. The van der Waals surface area contributed by atoms with Crippen LogP contribution in [-0.2, 0) is 0 Å². The van der Waals surface area contributed by atoms with Gasteiger partial charge in [-0.2, -0.15) is 0 Å². The Bertz CT molecular complexity index is 1660. The SMILES string of the molecule is O=c1cc(-c2cccc(F)c2)[nH]n1-c1ccccn1.O=c1cc(-c2cccc(F)c2)[nH]n1-c1ccccn1. The molecule has 0 unspecified atom stereocenters. The summed E-state index contributed by atoms with van der Waals surface area (Å²) in [4.78, 5) is 32.0. The van der Waals surface area contributed by atoms with Crippen molar-refractivity contribution in [1.29, 1.82) is 0 Å². The van der Waals surface area contributed by atoms with Gasteiger partial charge < -0.3 is 0 Å². The quantitative estimate of drug-likeness (QED) is 0.358. The molecular formula is C28H20F2N6O2. The molecule has 188 valence electrons. The molecule has 0 aliphatic carbocycles. The number of hydrogen-bond donors (Lipinski definition) is 2. The second kappa shape index (κ2) is 10.7. The first-order valence-electron chi connectivity index (χ1n) is 11.5. The van der Waals surface area contributed by atoms with Crippen molar-refractivity contribution in [2.75, 3.05) is 0 Å². The number of H-pyrrole nitrogens is 2. The van der Waals surface area contributed by atoms with Gasteiger partial charge in [-0.05, 0) is 48.5 Å². The van der Waals surface area contributed by atoms with E-state index in [4.69, 9.17) is 0 Å². The Hall–Kier alpha value is -5.38. The van der Waals surface area contributed by atoms with Gasteiger partial charge in [-0.1, -0.05) is 36.4 Å². The summed E-state index contributed by atoms with van der Waals surface area (Å²) in [6.07, 6.45) is 3.20. The summed E-state index contributed by atoms with van der Waals surface area (Å²) in [5, 5.41) is 5.83. The van der Waals surface area contributed by atoms with Crippen LogP contribution in [-0.4, -0.2) is 29.5 Å². The highest BCUT2D eigenvalue weighted by atomic mass is 19.1. The van der Waals surface area contributed by atoms with E-state index in [9.17, 15) is 18.4 Å². The Kier molecular flexibility index (Phi) is 6.85. The van der Waals surface area contributed by atoms with Crippen molar-refractivity contribution in [3.8, 4) is 34.2 Å². The molecule has 10 heteroatoms. The van der Waals surface area contributed by atoms with E-state index >= 15 is 0 Å². The van der Waals surface area contributed by atoms with Gasteiger partial charge in [0.2, 0.25) is 0 Å². The van der Waals surface area contributed by atoms with Gasteiger partial charge in [-0.25, -0.2) is 28.1 Å². The van der Waals surface area contributed by atoms with Crippen LogP contribution in [0.4, 0.5) is 8.78 Å². The Morgan fingerprint density at radius 3 is 1.37 bits per heavy atom. The average Bonchev–Trinajstić information content (AvgIpc) is 3.53. The lowest BCUT2D eigenvalue weighted by Gasteiger charge is -2.00. The van der Waals surface area contributed by atoms with Crippen molar-refractivity contribution in [3.63, 3.8) is 0 Å². The minimum absolute atomic E-state index is 0.238. The molecule has 6 rings (SSSR count). The fraction of sp³-hybridized carbons (Fsp3) is 0. The van der Waals surface area contributed by atoms with E-state index in [-0.39, 0.29) is 22.8 Å². The molecule has 4 aromatic heterocycles. The molecule has 0 atom stereocenters. The number of nitrogens with zero attached hydrogens (tertiary/aromatic N) is 4. The van der Waals surface area contributed by atoms with Gasteiger partial charge in [0.25, 0.3) is 11.1 Å². The number of aromatic amines is 2. The summed E-state index contributed by atoms with van der Waals surface area (Å²) >= 11 is 0. The number of halogens is 2. The molecule has 38 heavy (non-hydrogen) atoms. The average molecular weight is 511 g/mol. The van der Waals surface area contributed by atoms with Crippen molar-refractivity contribution in [1.82, 2.24) is 29.5 Å². The summed E-state index contributed by atoms with van der Waals surface area (Å²) < 4.78 is 29.0. The fourth-order valence-electron chi connectivity index (χ4n) is 3.71. The number of hydrogen-bond acceptors (Lipinski definition) is 4. The van der Waals surface area contributed by atoms with Gasteiger partial charge >= 0.3 is 0 Å². The zero-order valence-corrected chi connectivity index (χ0v) is 19.8. The highest BCUT2D eigenvalue weighted by molar-refractivity contribution is 5.59. The standard InChI is InChI=1S/2C14H10FN3O/c2*15-11-5-3-4-10(8-11)12-9-14(19)18(17-12)13-6-1-2-7-16-13/h2*1-9,17H. The van der Waals surface area contributed by atoms with Crippen LogP contribution >= 0.6 is 0 Å². The number of pyridine rings is 2. The van der Waals surface area contributed by atoms with Crippen LogP contribution in [0.25, 0.3) is 34.2 Å². The molecule has 0 radical (unpaired) electrons. The van der Waals surface area contributed by atoms with Crippen molar-refractivity contribution in [2.45, 2.75) is 0 Å². The van der Waals surface area contributed by atoms with E-state index in [1.54, 1.807) is 73.1 Å². The summed E-state index contributed by atoms with van der Waals surface area (Å²) in [6.45, 7) is 0. The minimum Gasteiger partial charge on any atom is -0.289 e. The van der Waals surface area contributed by atoms with Crippen LogP contribution in [0.1, 0.15) is 0 Å². The molecule has 0 saturated carbocycles. The fourth-order valence-corrected chi connectivity index (χ4v) is 3.71. The first kappa shape index (κ1) is 24.3. The second-order valence-electron chi connectivity index (χ2n) is 8.08. The van der Waals surface area contributed by atoms with Gasteiger partial charge in [-0.3, -0.25) is 19.8 Å². The van der Waals surface area contributed by atoms with E-state index < -0.39 is 0 Å². The smallest absolute Gasteiger partial charge is 0.273 e. The summed E-state index contributed by atoms with van der Waals surface area (Å²) in [5.74, 6) is 0.304. The molecule has 0 fully saturated rings. The maximum Gasteiger partial charge on any atom is 0.273 e. The van der Waals surface area contributed by atoms with Crippen LogP contribution in [0.5, 0.6) is 0 Å². The number of aromatic nitrogens is 6. The largest absolute Gasteiger partial charge is 0.289 e. The lowest BCUT2D eigenvalue weighted by Crippen LogP contribution is -2.14. The summed E-state index contributed by atoms with van der Waals surface area (Å²) in [6, 6.07) is 25.5. The zero-order valence-electron chi connectivity index (χ0n) is 19.8. The Morgan fingerprint density at radius 1 is 0.553 bits per heavy atom. The topological polar surface area (TPSA) is 101 Å². The van der Waals surface area contributed by atoms with Crippen molar-refractivity contribution in [3.05, 3.63) is 142 Å². The Labute approximate surface area is 214 Å². The van der Waals surface area contributed by atoms with E-state index in [1.165, 1.54) is 45.8 Å². The van der Waals surface area contributed by atoms with E-state index in [1.807, 2.05) is 0 Å². The highest BCUT2D eigenvalue weighted by Gasteiger charge is 2.09. The van der Waals surface area contributed by atoms with Gasteiger partial charge in [0.1, 0.15) is 11.6 Å². The summed E-state index contributed by atoms with van der Waals surface area (Å²) in [7, 11) is 0. The van der Waals surface area contributed by atoms with E-state index in [0.29, 0.717) is 34.2 Å². The van der Waals surface area contributed by atoms with Crippen LogP contribution < -0.4 is 11.1 Å². The second-order valence-corrected chi connectivity index (χ2v) is 8.08. The van der Waals surface area contributed by atoms with Gasteiger partial charge in [0.15, 0.2) is 11.6 Å². The molecule has 0 saturated heterocycles. The van der Waals surface area contributed by atoms with Crippen molar-refractivity contribution < 1.29 is 8.78 Å².